The van der Waals surface area contributed by atoms with E-state index in [-0.39, 0.29) is 11.9 Å². The molecule has 4 nitrogen and oxygen atoms in total. The van der Waals surface area contributed by atoms with Gasteiger partial charge in [0.25, 0.3) is 0 Å². The molecule has 17 heavy (non-hydrogen) atoms. The van der Waals surface area contributed by atoms with Crippen LogP contribution in [-0.4, -0.2) is 49.7 Å². The van der Waals surface area contributed by atoms with Crippen LogP contribution in [0.2, 0.25) is 0 Å². The summed E-state index contributed by atoms with van der Waals surface area (Å²) in [5.41, 5.74) is 0. The summed E-state index contributed by atoms with van der Waals surface area (Å²) in [6.45, 7) is 6.59. The Morgan fingerprint density at radius 2 is 2.24 bits per heavy atom. The first kappa shape index (κ1) is 14.5. The van der Waals surface area contributed by atoms with Crippen molar-refractivity contribution in [2.75, 3.05) is 26.8 Å². The summed E-state index contributed by atoms with van der Waals surface area (Å²) in [6, 6.07) is 0.737. The molecule has 1 aliphatic heterocycles. The minimum atomic E-state index is 0.203. The third-order valence-electron chi connectivity index (χ3n) is 3.29. The Morgan fingerprint density at radius 3 is 2.76 bits per heavy atom. The minimum Gasteiger partial charge on any atom is -0.384 e. The largest absolute Gasteiger partial charge is 0.384 e. The van der Waals surface area contributed by atoms with Gasteiger partial charge in [-0.2, -0.15) is 0 Å². The number of rotatable bonds is 6. The fraction of sp³-hybridized carbons (Fsp3) is 0.923. The molecule has 1 fully saturated rings. The number of piperidine rings is 1. The molecule has 1 rings (SSSR count). The summed E-state index contributed by atoms with van der Waals surface area (Å²) in [7, 11) is 1.63. The molecule has 4 heteroatoms. The van der Waals surface area contributed by atoms with Crippen LogP contribution < -0.4 is 5.32 Å². The number of ether oxygens (including phenoxy) is 1. The van der Waals surface area contributed by atoms with E-state index in [0.717, 1.165) is 13.1 Å². The maximum absolute atomic E-state index is 12.0. The highest BCUT2D eigenvalue weighted by molar-refractivity contribution is 5.76. The smallest absolute Gasteiger partial charge is 0.225 e. The molecule has 1 unspecified atom stereocenters. The second-order valence-corrected chi connectivity index (χ2v) is 5.03. The minimum absolute atomic E-state index is 0.203. The Bertz CT molecular complexity index is 225. The predicted molar refractivity (Wildman–Crippen MR) is 69.0 cm³/mol. The van der Waals surface area contributed by atoms with Crippen molar-refractivity contribution in [2.45, 2.75) is 51.6 Å². The predicted octanol–water partition coefficient (Wildman–Crippen LogP) is 1.40. The van der Waals surface area contributed by atoms with Crippen LogP contribution >= 0.6 is 0 Å². The Labute approximate surface area is 105 Å². The van der Waals surface area contributed by atoms with Gasteiger partial charge in [0.2, 0.25) is 5.91 Å². The average Bonchev–Trinajstić information content (AvgIpc) is 2.34. The van der Waals surface area contributed by atoms with Gasteiger partial charge in [0.15, 0.2) is 0 Å². The van der Waals surface area contributed by atoms with E-state index in [4.69, 9.17) is 4.74 Å². The number of carbonyl (C=O) groups excluding carboxylic acids is 1. The van der Waals surface area contributed by atoms with Crippen molar-refractivity contribution in [1.82, 2.24) is 10.2 Å². The fourth-order valence-corrected chi connectivity index (χ4v) is 2.25. The standard InChI is InChI=1S/C13H26N2O2/c1-11(2)15(13(16)7-9-17-3)10-12-6-4-5-8-14-12/h11-12,14H,4-10H2,1-3H3. The number of hydrogen-bond acceptors (Lipinski definition) is 3. The Balaban J connectivity index is 2.43. The highest BCUT2D eigenvalue weighted by atomic mass is 16.5. The Kier molecular flexibility index (Phi) is 6.52. The lowest BCUT2D eigenvalue weighted by atomic mass is 10.0. The summed E-state index contributed by atoms with van der Waals surface area (Å²) in [6.07, 6.45) is 4.20. The summed E-state index contributed by atoms with van der Waals surface area (Å²) in [5, 5.41) is 3.49. The summed E-state index contributed by atoms with van der Waals surface area (Å²) in [4.78, 5) is 14.0. The lowest BCUT2D eigenvalue weighted by Gasteiger charge is -2.33. The molecule has 0 radical (unpaired) electrons. The van der Waals surface area contributed by atoms with Gasteiger partial charge in [-0.25, -0.2) is 0 Å². The molecule has 100 valence electrons. The quantitative estimate of drug-likeness (QED) is 0.765. The van der Waals surface area contributed by atoms with Crippen LogP contribution in [0.1, 0.15) is 39.5 Å². The molecule has 0 bridgehead atoms. The summed E-state index contributed by atoms with van der Waals surface area (Å²) in [5.74, 6) is 0.203. The van der Waals surface area contributed by atoms with Crippen molar-refractivity contribution in [3.05, 3.63) is 0 Å². The number of hydrogen-bond donors (Lipinski definition) is 1. The Morgan fingerprint density at radius 1 is 1.47 bits per heavy atom. The van der Waals surface area contributed by atoms with Crippen molar-refractivity contribution < 1.29 is 9.53 Å². The van der Waals surface area contributed by atoms with Crippen molar-refractivity contribution >= 4 is 5.91 Å². The first-order valence-corrected chi connectivity index (χ1v) is 6.67. The van der Waals surface area contributed by atoms with Gasteiger partial charge in [-0.15, -0.1) is 0 Å². The number of methoxy groups -OCH3 is 1. The van der Waals surface area contributed by atoms with E-state index in [1.165, 1.54) is 19.3 Å². The van der Waals surface area contributed by atoms with Gasteiger partial charge in [0, 0.05) is 25.7 Å². The molecule has 0 aromatic rings. The van der Waals surface area contributed by atoms with E-state index < -0.39 is 0 Å². The van der Waals surface area contributed by atoms with Gasteiger partial charge >= 0.3 is 0 Å². The van der Waals surface area contributed by atoms with Crippen molar-refractivity contribution in [1.29, 1.82) is 0 Å². The van der Waals surface area contributed by atoms with Crippen LogP contribution in [0.25, 0.3) is 0 Å². The molecule has 0 aromatic heterocycles. The SMILES string of the molecule is COCCC(=O)N(CC1CCCCN1)C(C)C. The molecule has 0 saturated carbocycles. The molecule has 1 N–H and O–H groups in total. The van der Waals surface area contributed by atoms with Crippen molar-refractivity contribution in [2.24, 2.45) is 0 Å². The molecule has 0 spiro atoms. The number of carbonyl (C=O) groups is 1. The van der Waals surface area contributed by atoms with Crippen LogP contribution in [0, 0.1) is 0 Å². The molecular formula is C13H26N2O2. The van der Waals surface area contributed by atoms with Crippen LogP contribution in [0.5, 0.6) is 0 Å². The zero-order valence-corrected chi connectivity index (χ0v) is 11.4. The first-order valence-electron chi connectivity index (χ1n) is 6.67. The van der Waals surface area contributed by atoms with Crippen LogP contribution in [0.4, 0.5) is 0 Å². The molecule has 0 aromatic carbocycles. The second-order valence-electron chi connectivity index (χ2n) is 5.03. The third-order valence-corrected chi connectivity index (χ3v) is 3.29. The molecule has 1 heterocycles. The van der Waals surface area contributed by atoms with Gasteiger partial charge < -0.3 is 15.0 Å². The topological polar surface area (TPSA) is 41.6 Å². The lowest BCUT2D eigenvalue weighted by Crippen LogP contribution is -2.48. The molecule has 1 aliphatic rings. The van der Waals surface area contributed by atoms with E-state index in [1.807, 2.05) is 4.90 Å². The molecular weight excluding hydrogens is 216 g/mol. The molecule has 1 amide bonds. The van der Waals surface area contributed by atoms with E-state index in [9.17, 15) is 4.79 Å². The highest BCUT2D eigenvalue weighted by Crippen LogP contribution is 2.11. The Hall–Kier alpha value is -0.610. The van der Waals surface area contributed by atoms with E-state index in [1.54, 1.807) is 7.11 Å². The molecule has 1 atom stereocenters. The van der Waals surface area contributed by atoms with Gasteiger partial charge in [-0.05, 0) is 33.2 Å². The zero-order valence-electron chi connectivity index (χ0n) is 11.4. The normalized spacial score (nSPS) is 20.6. The van der Waals surface area contributed by atoms with Gasteiger partial charge in [-0.1, -0.05) is 6.42 Å². The maximum atomic E-state index is 12.0. The lowest BCUT2D eigenvalue weighted by molar-refractivity contribution is -0.134. The monoisotopic (exact) mass is 242 g/mol. The van der Waals surface area contributed by atoms with Crippen molar-refractivity contribution in [3.8, 4) is 0 Å². The third kappa shape index (κ3) is 5.04. The van der Waals surface area contributed by atoms with Gasteiger partial charge in [-0.3, -0.25) is 4.79 Å². The molecule has 0 aliphatic carbocycles. The van der Waals surface area contributed by atoms with Gasteiger partial charge in [0.1, 0.15) is 0 Å². The number of nitrogens with zero attached hydrogens (tertiary/aromatic N) is 1. The van der Waals surface area contributed by atoms with Crippen molar-refractivity contribution in [3.63, 3.8) is 0 Å². The maximum Gasteiger partial charge on any atom is 0.225 e. The van der Waals surface area contributed by atoms with Crippen LogP contribution in [0.3, 0.4) is 0 Å². The van der Waals surface area contributed by atoms with Gasteiger partial charge in [0.05, 0.1) is 13.0 Å². The molecule has 1 saturated heterocycles. The highest BCUT2D eigenvalue weighted by Gasteiger charge is 2.22. The summed E-state index contributed by atoms with van der Waals surface area (Å²) >= 11 is 0. The average molecular weight is 242 g/mol. The summed E-state index contributed by atoms with van der Waals surface area (Å²) < 4.78 is 4.97. The van der Waals surface area contributed by atoms with Crippen LogP contribution in [0.15, 0.2) is 0 Å². The fourth-order valence-electron chi connectivity index (χ4n) is 2.25. The van der Waals surface area contributed by atoms with Crippen LogP contribution in [-0.2, 0) is 9.53 Å². The number of amides is 1. The first-order chi connectivity index (χ1) is 8.15. The number of nitrogens with one attached hydrogen (secondary N) is 1. The van der Waals surface area contributed by atoms with E-state index in [2.05, 4.69) is 19.2 Å². The van der Waals surface area contributed by atoms with E-state index in [0.29, 0.717) is 19.1 Å². The second kappa shape index (κ2) is 7.67. The zero-order chi connectivity index (χ0) is 12.7. The van der Waals surface area contributed by atoms with E-state index >= 15 is 0 Å².